The maximum Gasteiger partial charge on any atom is 0.330 e. The summed E-state index contributed by atoms with van der Waals surface area (Å²) in [5, 5.41) is 39.8. The van der Waals surface area contributed by atoms with Crippen molar-refractivity contribution in [1.29, 1.82) is 0 Å². The molecule has 0 spiro atoms. The van der Waals surface area contributed by atoms with Crippen molar-refractivity contribution in [3.8, 4) is 0 Å². The Morgan fingerprint density at radius 3 is 0.792 bits per heavy atom. The fourth-order valence-corrected chi connectivity index (χ4v) is 0.224. The Bertz CT molecular complexity index is 327. The summed E-state index contributed by atoms with van der Waals surface area (Å²) in [6.45, 7) is 14.2. The zero-order chi connectivity index (χ0) is 20.3. The van der Waals surface area contributed by atoms with Crippen molar-refractivity contribution in [2.75, 3.05) is 13.2 Å². The minimum absolute atomic E-state index is 0.176. The molecule has 0 rings (SSSR count). The van der Waals surface area contributed by atoms with Crippen molar-refractivity contribution in [3.05, 3.63) is 36.5 Å². The summed E-state index contributed by atoms with van der Waals surface area (Å²) in [6.07, 6.45) is 1.44. The Balaban J connectivity index is -0.000000111. The van der Waals surface area contributed by atoms with E-state index in [0.717, 1.165) is 12.8 Å². The molecule has 0 aromatic heterocycles. The standard InChI is InChI=1S/3C4H6O2.C4H10O2/c3*1-3(2)4(5)6;5-3-1-2-4-6/h3*1H2,2H3,(H,5,6);5-6H,1-4H2. The Kier molecular flexibility index (Phi) is 25.3. The van der Waals surface area contributed by atoms with E-state index in [1.54, 1.807) is 0 Å². The number of carboxylic acid groups (broad SMARTS) is 3. The van der Waals surface area contributed by atoms with Crippen molar-refractivity contribution in [2.24, 2.45) is 0 Å². The number of unbranched alkanes of at least 4 members (excludes halogenated alkanes) is 1. The van der Waals surface area contributed by atoms with Crippen molar-refractivity contribution in [3.63, 3.8) is 0 Å². The highest BCUT2D eigenvalue weighted by molar-refractivity contribution is 5.85. The number of aliphatic hydroxyl groups is 2. The summed E-state index contributed by atoms with van der Waals surface area (Å²) >= 11 is 0. The first-order valence-electron chi connectivity index (χ1n) is 6.73. The van der Waals surface area contributed by atoms with Crippen LogP contribution in [0.5, 0.6) is 0 Å². The van der Waals surface area contributed by atoms with Crippen molar-refractivity contribution in [2.45, 2.75) is 33.6 Å². The SMILES string of the molecule is C=C(C)C(=O)O.C=C(C)C(=O)O.C=C(C)C(=O)O.OCCCCO. The molecule has 140 valence electrons. The van der Waals surface area contributed by atoms with Crippen LogP contribution in [-0.2, 0) is 14.4 Å². The molecule has 5 N–H and O–H groups in total. The van der Waals surface area contributed by atoms with Crippen LogP contribution in [0.2, 0.25) is 0 Å². The second-order valence-electron chi connectivity index (χ2n) is 4.41. The second kappa shape index (κ2) is 20.6. The quantitative estimate of drug-likeness (QED) is 0.359. The van der Waals surface area contributed by atoms with E-state index in [1.165, 1.54) is 20.8 Å². The zero-order valence-electron chi connectivity index (χ0n) is 14.4. The molecule has 0 heterocycles. The fourth-order valence-electron chi connectivity index (χ4n) is 0.224. The molecule has 0 aliphatic rings. The lowest BCUT2D eigenvalue weighted by atomic mass is 10.3. The molecule has 0 saturated heterocycles. The number of aliphatic carboxylic acids is 3. The monoisotopic (exact) mass is 348 g/mol. The summed E-state index contributed by atoms with van der Waals surface area (Å²) in [6, 6.07) is 0. The Labute approximate surface area is 142 Å². The number of hydrogen-bond donors (Lipinski definition) is 5. The number of aliphatic hydroxyl groups excluding tert-OH is 2. The lowest BCUT2D eigenvalue weighted by Crippen LogP contribution is -1.92. The Hall–Kier alpha value is -2.45. The van der Waals surface area contributed by atoms with Crippen LogP contribution in [0.3, 0.4) is 0 Å². The number of hydrogen-bond acceptors (Lipinski definition) is 5. The predicted molar refractivity (Wildman–Crippen MR) is 90.8 cm³/mol. The first-order valence-corrected chi connectivity index (χ1v) is 6.73. The summed E-state index contributed by atoms with van der Waals surface area (Å²) in [4.78, 5) is 28.8. The molecule has 0 amide bonds. The molecule has 0 aromatic carbocycles. The van der Waals surface area contributed by atoms with Gasteiger partial charge in [-0.2, -0.15) is 0 Å². The van der Waals surface area contributed by atoms with Crippen LogP contribution in [-0.4, -0.2) is 56.7 Å². The highest BCUT2D eigenvalue weighted by atomic mass is 16.4. The van der Waals surface area contributed by atoms with Gasteiger partial charge in [-0.3, -0.25) is 0 Å². The van der Waals surface area contributed by atoms with E-state index in [2.05, 4.69) is 19.7 Å². The Morgan fingerprint density at radius 2 is 0.750 bits per heavy atom. The highest BCUT2D eigenvalue weighted by Gasteiger charge is 1.91. The van der Waals surface area contributed by atoms with Gasteiger partial charge in [0.2, 0.25) is 0 Å². The molecule has 24 heavy (non-hydrogen) atoms. The van der Waals surface area contributed by atoms with E-state index >= 15 is 0 Å². The van der Waals surface area contributed by atoms with Crippen LogP contribution in [0.4, 0.5) is 0 Å². The number of rotatable bonds is 6. The molecule has 0 radical (unpaired) electrons. The average Bonchev–Trinajstić information content (AvgIpc) is 2.46. The molecule has 8 nitrogen and oxygen atoms in total. The highest BCUT2D eigenvalue weighted by Crippen LogP contribution is 1.82. The smallest absolute Gasteiger partial charge is 0.330 e. The van der Waals surface area contributed by atoms with E-state index in [1.807, 2.05) is 0 Å². The maximum atomic E-state index is 9.60. The van der Waals surface area contributed by atoms with Gasteiger partial charge in [-0.1, -0.05) is 19.7 Å². The molecule has 0 atom stereocenters. The predicted octanol–water partition coefficient (Wildman–Crippen LogP) is 1.69. The van der Waals surface area contributed by atoms with Gasteiger partial charge in [-0.25, -0.2) is 14.4 Å². The topological polar surface area (TPSA) is 152 Å². The van der Waals surface area contributed by atoms with E-state index < -0.39 is 17.9 Å². The maximum absolute atomic E-state index is 9.60. The van der Waals surface area contributed by atoms with Gasteiger partial charge in [0.25, 0.3) is 0 Å². The lowest BCUT2D eigenvalue weighted by molar-refractivity contribution is -0.133. The zero-order valence-corrected chi connectivity index (χ0v) is 14.4. The third-order valence-electron chi connectivity index (χ3n) is 1.66. The molecule has 0 saturated carbocycles. The van der Waals surface area contributed by atoms with Crippen LogP contribution in [0.15, 0.2) is 36.5 Å². The first-order chi connectivity index (χ1) is 10.8. The minimum Gasteiger partial charge on any atom is -0.478 e. The second-order valence-corrected chi connectivity index (χ2v) is 4.41. The van der Waals surface area contributed by atoms with Crippen LogP contribution in [0.25, 0.3) is 0 Å². The van der Waals surface area contributed by atoms with E-state index in [-0.39, 0.29) is 29.9 Å². The molecule has 0 aromatic rings. The molecule has 0 fully saturated rings. The van der Waals surface area contributed by atoms with Crippen LogP contribution >= 0.6 is 0 Å². The van der Waals surface area contributed by atoms with Crippen LogP contribution in [0.1, 0.15) is 33.6 Å². The summed E-state index contributed by atoms with van der Waals surface area (Å²) in [7, 11) is 0. The third-order valence-corrected chi connectivity index (χ3v) is 1.66. The van der Waals surface area contributed by atoms with Crippen molar-refractivity contribution < 1.29 is 39.9 Å². The van der Waals surface area contributed by atoms with E-state index in [4.69, 9.17) is 25.5 Å². The fraction of sp³-hybridized carbons (Fsp3) is 0.438. The van der Waals surface area contributed by atoms with Gasteiger partial charge in [0.1, 0.15) is 0 Å². The molecule has 8 heteroatoms. The molecular weight excluding hydrogens is 320 g/mol. The normalized spacial score (nSPS) is 7.88. The Morgan fingerprint density at radius 1 is 0.625 bits per heavy atom. The summed E-state index contributed by atoms with van der Waals surface area (Å²) in [5.41, 5.74) is 0.528. The number of carbonyl (C=O) groups is 3. The molecule has 0 aliphatic heterocycles. The van der Waals surface area contributed by atoms with Gasteiger partial charge < -0.3 is 25.5 Å². The van der Waals surface area contributed by atoms with E-state index in [9.17, 15) is 14.4 Å². The van der Waals surface area contributed by atoms with Crippen molar-refractivity contribution >= 4 is 17.9 Å². The number of carboxylic acids is 3. The third kappa shape index (κ3) is 42.7. The first kappa shape index (κ1) is 29.5. The van der Waals surface area contributed by atoms with Crippen LogP contribution in [0, 0.1) is 0 Å². The van der Waals surface area contributed by atoms with E-state index in [0.29, 0.717) is 0 Å². The van der Waals surface area contributed by atoms with Gasteiger partial charge >= 0.3 is 17.9 Å². The van der Waals surface area contributed by atoms with Gasteiger partial charge in [0, 0.05) is 29.9 Å². The van der Waals surface area contributed by atoms with Crippen molar-refractivity contribution in [1.82, 2.24) is 0 Å². The van der Waals surface area contributed by atoms with Gasteiger partial charge in [-0.05, 0) is 33.6 Å². The van der Waals surface area contributed by atoms with Gasteiger partial charge in [0.05, 0.1) is 0 Å². The van der Waals surface area contributed by atoms with Gasteiger partial charge in [-0.15, -0.1) is 0 Å². The summed E-state index contributed by atoms with van der Waals surface area (Å²) in [5.74, 6) is -2.81. The lowest BCUT2D eigenvalue weighted by Gasteiger charge is -1.85. The van der Waals surface area contributed by atoms with Gasteiger partial charge in [0.15, 0.2) is 0 Å². The van der Waals surface area contributed by atoms with Crippen LogP contribution < -0.4 is 0 Å². The molecule has 0 bridgehead atoms. The average molecular weight is 348 g/mol. The largest absolute Gasteiger partial charge is 0.478 e. The summed E-state index contributed by atoms with van der Waals surface area (Å²) < 4.78 is 0. The molecular formula is C16H28O8. The molecule has 0 unspecified atom stereocenters. The minimum atomic E-state index is -0.935. The molecule has 0 aliphatic carbocycles.